The van der Waals surface area contributed by atoms with Gasteiger partial charge < -0.3 is 14.0 Å². The number of aromatic nitrogens is 1. The van der Waals surface area contributed by atoms with Gasteiger partial charge in [0.05, 0.1) is 21.7 Å². The van der Waals surface area contributed by atoms with E-state index >= 15 is 0 Å². The standard InChI is InChI=1S/C23H23N3O5S2/c1-5-10-26-18-13-19-20(31-12-11-30-19)14-21(18)32-23(26)24-22(27)16-6-8-17(9-7-16)33(28,29)25(4)15(2)3/h1,6-9,13-15H,10-12H2,2-4H3. The van der Waals surface area contributed by atoms with Crippen LogP contribution in [0.1, 0.15) is 24.2 Å². The van der Waals surface area contributed by atoms with Gasteiger partial charge in [-0.25, -0.2) is 8.42 Å². The lowest BCUT2D eigenvalue weighted by Crippen LogP contribution is -2.33. The van der Waals surface area contributed by atoms with Crippen LogP contribution >= 0.6 is 11.3 Å². The fraction of sp³-hybridized carbons (Fsp3) is 0.304. The van der Waals surface area contributed by atoms with Crippen molar-refractivity contribution >= 4 is 37.5 Å². The molecule has 3 aromatic rings. The predicted octanol–water partition coefficient (Wildman–Crippen LogP) is 2.88. The highest BCUT2D eigenvalue weighted by atomic mass is 32.2. The molecule has 2 heterocycles. The van der Waals surface area contributed by atoms with Crippen LogP contribution < -0.4 is 14.3 Å². The van der Waals surface area contributed by atoms with Crippen LogP contribution in [0.4, 0.5) is 0 Å². The predicted molar refractivity (Wildman–Crippen MR) is 126 cm³/mol. The number of amides is 1. The van der Waals surface area contributed by atoms with Crippen LogP contribution in [0.15, 0.2) is 46.3 Å². The molecule has 0 N–H and O–H groups in total. The number of terminal acetylenes is 1. The maximum absolute atomic E-state index is 12.9. The van der Waals surface area contributed by atoms with Crippen molar-refractivity contribution in [2.24, 2.45) is 4.99 Å². The van der Waals surface area contributed by atoms with Crippen LogP contribution in [0.3, 0.4) is 0 Å². The molecular formula is C23H23N3O5S2. The maximum Gasteiger partial charge on any atom is 0.279 e. The number of nitrogens with zero attached hydrogens (tertiary/aromatic N) is 3. The van der Waals surface area contributed by atoms with E-state index in [1.807, 2.05) is 12.1 Å². The highest BCUT2D eigenvalue weighted by Crippen LogP contribution is 2.35. The summed E-state index contributed by atoms with van der Waals surface area (Å²) in [5, 5.41) is 0. The van der Waals surface area contributed by atoms with E-state index in [0.717, 1.165) is 10.2 Å². The third kappa shape index (κ3) is 4.39. The molecule has 2 aromatic carbocycles. The second-order valence-electron chi connectivity index (χ2n) is 7.69. The van der Waals surface area contributed by atoms with Crippen molar-refractivity contribution in [3.05, 3.63) is 46.8 Å². The summed E-state index contributed by atoms with van der Waals surface area (Å²) in [6.07, 6.45) is 5.55. The minimum Gasteiger partial charge on any atom is -0.486 e. The zero-order valence-corrected chi connectivity index (χ0v) is 20.1. The lowest BCUT2D eigenvalue weighted by atomic mass is 10.2. The second-order valence-corrected chi connectivity index (χ2v) is 10.7. The van der Waals surface area contributed by atoms with E-state index in [0.29, 0.717) is 29.5 Å². The zero-order valence-electron chi connectivity index (χ0n) is 18.4. The number of carbonyl (C=O) groups excluding carboxylic acids is 1. The summed E-state index contributed by atoms with van der Waals surface area (Å²) < 4.78 is 40.5. The fourth-order valence-electron chi connectivity index (χ4n) is 3.30. The molecule has 0 spiro atoms. The fourth-order valence-corrected chi connectivity index (χ4v) is 5.71. The van der Waals surface area contributed by atoms with E-state index in [1.54, 1.807) is 18.4 Å². The number of carbonyl (C=O) groups is 1. The number of sulfonamides is 1. The van der Waals surface area contributed by atoms with Gasteiger partial charge in [-0.1, -0.05) is 17.3 Å². The van der Waals surface area contributed by atoms with Crippen LogP contribution in [0.25, 0.3) is 10.2 Å². The van der Waals surface area contributed by atoms with Gasteiger partial charge in [-0.15, -0.1) is 6.42 Å². The largest absolute Gasteiger partial charge is 0.486 e. The molecule has 4 rings (SSSR count). The molecule has 1 aliphatic heterocycles. The Balaban J connectivity index is 1.71. The Morgan fingerprint density at radius 1 is 1.21 bits per heavy atom. The molecule has 1 aromatic heterocycles. The molecule has 0 aliphatic carbocycles. The summed E-state index contributed by atoms with van der Waals surface area (Å²) in [7, 11) is -2.11. The molecule has 0 saturated carbocycles. The average molecular weight is 486 g/mol. The Bertz CT molecular complexity index is 1430. The van der Waals surface area contributed by atoms with E-state index in [-0.39, 0.29) is 23.0 Å². The van der Waals surface area contributed by atoms with Gasteiger partial charge in [0.2, 0.25) is 10.0 Å². The molecule has 33 heavy (non-hydrogen) atoms. The van der Waals surface area contributed by atoms with Gasteiger partial charge in [0, 0.05) is 30.8 Å². The van der Waals surface area contributed by atoms with Crippen molar-refractivity contribution in [1.82, 2.24) is 8.87 Å². The molecule has 1 aliphatic rings. The third-order valence-corrected chi connectivity index (χ3v) is 8.39. The molecule has 0 saturated heterocycles. The number of hydrogen-bond acceptors (Lipinski definition) is 6. The number of thiazole rings is 1. The van der Waals surface area contributed by atoms with Gasteiger partial charge >= 0.3 is 0 Å². The van der Waals surface area contributed by atoms with Gasteiger partial charge in [0.25, 0.3) is 5.91 Å². The van der Waals surface area contributed by atoms with Crippen LogP contribution in [-0.4, -0.2) is 49.5 Å². The number of rotatable bonds is 5. The smallest absolute Gasteiger partial charge is 0.279 e. The first-order valence-electron chi connectivity index (χ1n) is 10.3. The Hall–Kier alpha value is -3.13. The van der Waals surface area contributed by atoms with E-state index in [4.69, 9.17) is 15.9 Å². The molecule has 1 amide bonds. The molecule has 0 fully saturated rings. The topological polar surface area (TPSA) is 90.2 Å². The van der Waals surface area contributed by atoms with Crippen LogP contribution in [-0.2, 0) is 16.6 Å². The molecule has 0 bridgehead atoms. The molecule has 172 valence electrons. The van der Waals surface area contributed by atoms with Crippen molar-refractivity contribution in [3.8, 4) is 23.8 Å². The van der Waals surface area contributed by atoms with E-state index < -0.39 is 15.9 Å². The lowest BCUT2D eigenvalue weighted by molar-refractivity contribution is 0.0997. The summed E-state index contributed by atoms with van der Waals surface area (Å²) in [6, 6.07) is 9.27. The van der Waals surface area contributed by atoms with Gasteiger partial charge in [-0.2, -0.15) is 9.30 Å². The van der Waals surface area contributed by atoms with E-state index in [9.17, 15) is 13.2 Å². The first-order valence-corrected chi connectivity index (χ1v) is 12.5. The number of benzene rings is 2. The van der Waals surface area contributed by atoms with Crippen molar-refractivity contribution in [1.29, 1.82) is 0 Å². The minimum absolute atomic E-state index is 0.116. The molecule has 8 nitrogen and oxygen atoms in total. The van der Waals surface area contributed by atoms with Gasteiger partial charge in [-0.05, 0) is 38.1 Å². The van der Waals surface area contributed by atoms with Crippen molar-refractivity contribution in [3.63, 3.8) is 0 Å². The summed E-state index contributed by atoms with van der Waals surface area (Å²) in [6.45, 7) is 4.75. The summed E-state index contributed by atoms with van der Waals surface area (Å²) >= 11 is 1.32. The van der Waals surface area contributed by atoms with Crippen LogP contribution in [0.5, 0.6) is 11.5 Å². The minimum atomic E-state index is -3.64. The number of fused-ring (bicyclic) bond motifs is 2. The van der Waals surface area contributed by atoms with Crippen molar-refractivity contribution in [2.45, 2.75) is 31.3 Å². The molecule has 0 unspecified atom stereocenters. The van der Waals surface area contributed by atoms with Gasteiger partial charge in [0.15, 0.2) is 16.3 Å². The second kappa shape index (κ2) is 9.02. The quantitative estimate of drug-likeness (QED) is 0.519. The SMILES string of the molecule is C#CCn1c(=NC(=O)c2ccc(S(=O)(=O)N(C)C(C)C)cc2)sc2cc3c(cc21)OCCO3. The van der Waals surface area contributed by atoms with Gasteiger partial charge in [0.1, 0.15) is 13.2 Å². The monoisotopic (exact) mass is 485 g/mol. The Labute approximate surface area is 196 Å². The first-order chi connectivity index (χ1) is 15.7. The summed E-state index contributed by atoms with van der Waals surface area (Å²) in [5.41, 5.74) is 1.07. The van der Waals surface area contributed by atoms with Crippen LogP contribution in [0, 0.1) is 12.3 Å². The third-order valence-electron chi connectivity index (χ3n) is 5.30. The highest BCUT2D eigenvalue weighted by Gasteiger charge is 2.23. The maximum atomic E-state index is 12.9. The van der Waals surface area contributed by atoms with Crippen LogP contribution in [0.2, 0.25) is 0 Å². The first kappa shape index (κ1) is 23.0. The highest BCUT2D eigenvalue weighted by molar-refractivity contribution is 7.89. The van der Waals surface area contributed by atoms with E-state index in [1.165, 1.54) is 47.0 Å². The summed E-state index contributed by atoms with van der Waals surface area (Å²) in [5.74, 6) is 3.37. The van der Waals surface area contributed by atoms with Gasteiger partial charge in [-0.3, -0.25) is 4.79 Å². The Morgan fingerprint density at radius 3 is 2.45 bits per heavy atom. The number of hydrogen-bond donors (Lipinski definition) is 0. The Morgan fingerprint density at radius 2 is 1.85 bits per heavy atom. The molecule has 10 heteroatoms. The molecular weight excluding hydrogens is 462 g/mol. The normalized spacial score (nSPS) is 14.1. The van der Waals surface area contributed by atoms with Crippen molar-refractivity contribution < 1.29 is 22.7 Å². The average Bonchev–Trinajstić information content (AvgIpc) is 3.12. The zero-order chi connectivity index (χ0) is 23.8. The lowest BCUT2D eigenvalue weighted by Gasteiger charge is -2.20. The van der Waals surface area contributed by atoms with Crippen molar-refractivity contribution in [2.75, 3.05) is 20.3 Å². The molecule has 0 radical (unpaired) electrons. The van der Waals surface area contributed by atoms with E-state index in [2.05, 4.69) is 10.9 Å². The summed E-state index contributed by atoms with van der Waals surface area (Å²) in [4.78, 5) is 17.7. The Kier molecular flexibility index (Phi) is 6.30. The number of ether oxygens (including phenoxy) is 2. The molecule has 0 atom stereocenters.